The Balaban J connectivity index is 2.65. The molecule has 10 nitrogen and oxygen atoms in total. The first kappa shape index (κ1) is 19.8. The van der Waals surface area contributed by atoms with Crippen molar-refractivity contribution in [2.45, 2.75) is 16.7 Å². The SMILES string of the molecule is COc1cc([N])c(C)cc1/N=N/c1cc(S(=O)(=O)O)ccc1S(=O)(=O)O. The molecule has 0 bridgehead atoms. The van der Waals surface area contributed by atoms with Gasteiger partial charge in [-0.05, 0) is 36.8 Å². The number of methoxy groups -OCH3 is 1. The van der Waals surface area contributed by atoms with Crippen LogP contribution >= 0.6 is 0 Å². The molecule has 0 fully saturated rings. The largest absolute Gasteiger partial charge is 0.494 e. The zero-order chi connectivity index (χ0) is 19.7. The molecule has 0 saturated heterocycles. The Labute approximate surface area is 149 Å². The zero-order valence-electron chi connectivity index (χ0n) is 13.5. The number of nitrogens with zero attached hydrogens (tertiary/aromatic N) is 3. The van der Waals surface area contributed by atoms with Crippen molar-refractivity contribution >= 4 is 37.3 Å². The number of aryl methyl sites for hydroxylation is 1. The molecule has 0 unspecified atom stereocenters. The Morgan fingerprint density at radius 3 is 2.12 bits per heavy atom. The van der Waals surface area contributed by atoms with Crippen molar-refractivity contribution in [1.29, 1.82) is 0 Å². The van der Waals surface area contributed by atoms with Gasteiger partial charge in [0.15, 0.2) is 0 Å². The molecular weight excluding hydrogens is 386 g/mol. The van der Waals surface area contributed by atoms with E-state index in [9.17, 15) is 27.1 Å². The van der Waals surface area contributed by atoms with Crippen molar-refractivity contribution in [1.82, 2.24) is 5.73 Å². The standard InChI is InChI=1S/C14H13N3O7S2/c1-8-5-11(13(24-2)7-10(8)15)16-17-12-6-9(25(18,19)20)3-4-14(12)26(21,22)23/h3-7H,1-2H3,(H,18,19,20)(H,21,22,23)/b17-16+. The van der Waals surface area contributed by atoms with Crippen molar-refractivity contribution in [2.24, 2.45) is 10.2 Å². The molecule has 0 aliphatic rings. The van der Waals surface area contributed by atoms with E-state index in [1.807, 2.05) is 0 Å². The maximum absolute atomic E-state index is 11.4. The van der Waals surface area contributed by atoms with Crippen LogP contribution in [0.5, 0.6) is 5.75 Å². The first-order chi connectivity index (χ1) is 11.9. The smallest absolute Gasteiger partial charge is 0.296 e. The lowest BCUT2D eigenvalue weighted by molar-refractivity contribution is 0.416. The van der Waals surface area contributed by atoms with Gasteiger partial charge in [0.2, 0.25) is 0 Å². The Morgan fingerprint density at radius 2 is 1.58 bits per heavy atom. The molecule has 0 spiro atoms. The minimum Gasteiger partial charge on any atom is -0.494 e. The molecule has 2 rings (SSSR count). The molecule has 138 valence electrons. The highest BCUT2D eigenvalue weighted by atomic mass is 32.2. The highest BCUT2D eigenvalue weighted by Gasteiger charge is 2.20. The van der Waals surface area contributed by atoms with Crippen molar-refractivity contribution in [3.8, 4) is 5.75 Å². The zero-order valence-corrected chi connectivity index (χ0v) is 15.1. The van der Waals surface area contributed by atoms with Gasteiger partial charge < -0.3 is 4.74 Å². The molecule has 2 aromatic rings. The molecule has 0 amide bonds. The van der Waals surface area contributed by atoms with Crippen LogP contribution < -0.4 is 10.5 Å². The van der Waals surface area contributed by atoms with Crippen LogP contribution in [0.15, 0.2) is 50.4 Å². The summed E-state index contributed by atoms with van der Waals surface area (Å²) in [5, 5.41) is 7.43. The highest BCUT2D eigenvalue weighted by Crippen LogP contribution is 2.35. The third-order valence-electron chi connectivity index (χ3n) is 3.27. The number of hydrogen-bond acceptors (Lipinski definition) is 7. The molecule has 2 radical (unpaired) electrons. The van der Waals surface area contributed by atoms with Gasteiger partial charge in [0.25, 0.3) is 20.2 Å². The maximum Gasteiger partial charge on any atom is 0.296 e. The Bertz CT molecular complexity index is 1090. The Kier molecular flexibility index (Phi) is 5.32. The summed E-state index contributed by atoms with van der Waals surface area (Å²) < 4.78 is 68.7. The van der Waals surface area contributed by atoms with Gasteiger partial charge in [-0.3, -0.25) is 9.11 Å². The van der Waals surface area contributed by atoms with E-state index < -0.39 is 35.7 Å². The van der Waals surface area contributed by atoms with Gasteiger partial charge in [-0.15, -0.1) is 10.2 Å². The van der Waals surface area contributed by atoms with Crippen LogP contribution in [-0.4, -0.2) is 33.1 Å². The second-order valence-corrected chi connectivity index (χ2v) is 7.90. The molecule has 26 heavy (non-hydrogen) atoms. The molecule has 0 saturated carbocycles. The molecule has 0 heterocycles. The third-order valence-corrected chi connectivity index (χ3v) is 5.02. The molecular formula is C14H13N3O7S2. The Morgan fingerprint density at radius 1 is 0.962 bits per heavy atom. The summed E-state index contributed by atoms with van der Waals surface area (Å²) in [5.41, 5.74) is 9.62. The summed E-state index contributed by atoms with van der Waals surface area (Å²) in [6, 6.07) is 4.97. The molecule has 0 aliphatic carbocycles. The molecule has 0 aromatic heterocycles. The molecule has 0 atom stereocenters. The molecule has 12 heteroatoms. The van der Waals surface area contributed by atoms with Gasteiger partial charge in [-0.25, -0.2) is 0 Å². The topological polar surface area (TPSA) is 165 Å². The van der Waals surface area contributed by atoms with Gasteiger partial charge in [-0.1, -0.05) is 0 Å². The second kappa shape index (κ2) is 6.99. The van der Waals surface area contributed by atoms with E-state index in [1.165, 1.54) is 19.2 Å². The Hall–Kier alpha value is -2.54. The fourth-order valence-electron chi connectivity index (χ4n) is 1.97. The van der Waals surface area contributed by atoms with Crippen molar-refractivity contribution in [3.05, 3.63) is 35.9 Å². The summed E-state index contributed by atoms with van der Waals surface area (Å²) in [5.74, 6) is 0.121. The van der Waals surface area contributed by atoms with Crippen molar-refractivity contribution < 1.29 is 30.7 Å². The minimum absolute atomic E-state index is 0.0622. The number of benzene rings is 2. The lowest BCUT2D eigenvalue weighted by Gasteiger charge is -2.07. The van der Waals surface area contributed by atoms with E-state index in [0.717, 1.165) is 18.2 Å². The van der Waals surface area contributed by atoms with E-state index >= 15 is 0 Å². The van der Waals surface area contributed by atoms with E-state index in [1.54, 1.807) is 6.92 Å². The lowest BCUT2D eigenvalue weighted by atomic mass is 10.1. The normalized spacial score (nSPS) is 12.5. The van der Waals surface area contributed by atoms with Gasteiger partial charge >= 0.3 is 0 Å². The third kappa shape index (κ3) is 4.35. The molecule has 2 N–H and O–H groups in total. The minimum atomic E-state index is -4.73. The van der Waals surface area contributed by atoms with Crippen LogP contribution in [0.1, 0.15) is 5.56 Å². The highest BCUT2D eigenvalue weighted by molar-refractivity contribution is 7.86. The first-order valence-electron chi connectivity index (χ1n) is 6.82. The van der Waals surface area contributed by atoms with Gasteiger partial charge in [-0.2, -0.15) is 22.6 Å². The van der Waals surface area contributed by atoms with Crippen molar-refractivity contribution in [3.63, 3.8) is 0 Å². The average molecular weight is 399 g/mol. The lowest BCUT2D eigenvalue weighted by Crippen LogP contribution is -2.02. The van der Waals surface area contributed by atoms with Crippen LogP contribution in [0, 0.1) is 6.92 Å². The fraction of sp³-hybridized carbons (Fsp3) is 0.143. The monoisotopic (exact) mass is 399 g/mol. The van der Waals surface area contributed by atoms with E-state index in [4.69, 9.17) is 9.29 Å². The van der Waals surface area contributed by atoms with Crippen LogP contribution in [0.25, 0.3) is 0 Å². The summed E-state index contributed by atoms with van der Waals surface area (Å²) in [6.45, 7) is 1.58. The van der Waals surface area contributed by atoms with E-state index in [0.29, 0.717) is 5.56 Å². The number of rotatable bonds is 5. The van der Waals surface area contributed by atoms with E-state index in [-0.39, 0.29) is 17.1 Å². The predicted octanol–water partition coefficient (Wildman–Crippen LogP) is 2.61. The molecule has 2 aromatic carbocycles. The average Bonchev–Trinajstić information content (AvgIpc) is 2.53. The van der Waals surface area contributed by atoms with E-state index in [2.05, 4.69) is 10.2 Å². The summed E-state index contributed by atoms with van der Waals surface area (Å²) in [4.78, 5) is -1.34. The number of azo groups is 1. The number of ether oxygens (including phenoxy) is 1. The summed E-state index contributed by atoms with van der Waals surface area (Å²) >= 11 is 0. The van der Waals surface area contributed by atoms with Gasteiger partial charge in [0.05, 0.1) is 17.7 Å². The van der Waals surface area contributed by atoms with Crippen LogP contribution in [0.3, 0.4) is 0 Å². The quantitative estimate of drug-likeness (QED) is 0.576. The van der Waals surface area contributed by atoms with Crippen LogP contribution in [0.2, 0.25) is 0 Å². The first-order valence-corrected chi connectivity index (χ1v) is 9.70. The van der Waals surface area contributed by atoms with Gasteiger partial charge in [0, 0.05) is 6.07 Å². The van der Waals surface area contributed by atoms with Gasteiger partial charge in [0.1, 0.15) is 22.0 Å². The second-order valence-electron chi connectivity index (χ2n) is 5.09. The maximum atomic E-state index is 11.4. The number of hydrogen-bond donors (Lipinski definition) is 2. The fourth-order valence-corrected chi connectivity index (χ4v) is 3.07. The van der Waals surface area contributed by atoms with Crippen LogP contribution in [-0.2, 0) is 20.2 Å². The van der Waals surface area contributed by atoms with Crippen LogP contribution in [0.4, 0.5) is 17.1 Å². The summed E-state index contributed by atoms with van der Waals surface area (Å²) in [7, 11) is -8.05. The molecule has 0 aliphatic heterocycles. The van der Waals surface area contributed by atoms with Crippen molar-refractivity contribution in [2.75, 3.05) is 7.11 Å². The summed E-state index contributed by atoms with van der Waals surface area (Å²) in [6.07, 6.45) is 0. The predicted molar refractivity (Wildman–Crippen MR) is 89.8 cm³/mol.